The summed E-state index contributed by atoms with van der Waals surface area (Å²) >= 11 is 0. The smallest absolute Gasteiger partial charge is 0.227 e. The van der Waals surface area contributed by atoms with E-state index >= 15 is 0 Å². The molecule has 1 N–H and O–H groups in total. The van der Waals surface area contributed by atoms with Crippen LogP contribution in [-0.4, -0.2) is 24.0 Å². The number of aromatic nitrogens is 1. The van der Waals surface area contributed by atoms with E-state index in [0.29, 0.717) is 34.2 Å². The molecule has 3 aromatic carbocycles. The van der Waals surface area contributed by atoms with E-state index in [1.165, 1.54) is 31.0 Å². The van der Waals surface area contributed by atoms with Crippen molar-refractivity contribution in [3.05, 3.63) is 78.6 Å². The van der Waals surface area contributed by atoms with Gasteiger partial charge in [-0.2, -0.15) is 0 Å². The predicted molar refractivity (Wildman–Crippen MR) is 147 cm³/mol. The second-order valence-corrected chi connectivity index (χ2v) is 9.65. The molecule has 4 aromatic rings. The molecule has 1 unspecified atom stereocenters. The van der Waals surface area contributed by atoms with Crippen molar-refractivity contribution in [2.24, 2.45) is 5.92 Å². The maximum Gasteiger partial charge on any atom is 0.227 e. The van der Waals surface area contributed by atoms with Crippen LogP contribution in [0.1, 0.15) is 39.5 Å². The van der Waals surface area contributed by atoms with Crippen molar-refractivity contribution in [2.45, 2.75) is 39.5 Å². The molecular formula is C31H32FN3O2. The molecular weight excluding hydrogens is 465 g/mol. The van der Waals surface area contributed by atoms with E-state index in [1.807, 2.05) is 50.2 Å². The second kappa shape index (κ2) is 11.0. The molecule has 2 heterocycles. The highest BCUT2D eigenvalue weighted by atomic mass is 19.1. The summed E-state index contributed by atoms with van der Waals surface area (Å²) in [6, 6.07) is 22.2. The summed E-state index contributed by atoms with van der Waals surface area (Å²) in [7, 11) is 0. The van der Waals surface area contributed by atoms with Crippen LogP contribution in [0.5, 0.6) is 0 Å². The molecule has 1 atom stereocenters. The minimum atomic E-state index is -0.358. The molecule has 0 radical (unpaired) electrons. The van der Waals surface area contributed by atoms with Crippen LogP contribution in [0.2, 0.25) is 0 Å². The van der Waals surface area contributed by atoms with Gasteiger partial charge in [-0.3, -0.25) is 4.79 Å². The van der Waals surface area contributed by atoms with Gasteiger partial charge in [-0.05, 0) is 80.3 Å². The Labute approximate surface area is 217 Å². The first kappa shape index (κ1) is 24.8. The molecule has 0 aliphatic carbocycles. The van der Waals surface area contributed by atoms with Gasteiger partial charge in [-0.1, -0.05) is 32.0 Å². The van der Waals surface area contributed by atoms with E-state index in [0.717, 1.165) is 25.1 Å². The van der Waals surface area contributed by atoms with Crippen molar-refractivity contribution in [2.75, 3.05) is 23.3 Å². The van der Waals surface area contributed by atoms with Crippen molar-refractivity contribution in [3.63, 3.8) is 0 Å². The molecule has 0 spiro atoms. The Morgan fingerprint density at radius 2 is 1.76 bits per heavy atom. The van der Waals surface area contributed by atoms with Gasteiger partial charge in [0.1, 0.15) is 11.5 Å². The van der Waals surface area contributed by atoms with E-state index in [1.54, 1.807) is 18.2 Å². The van der Waals surface area contributed by atoms with Gasteiger partial charge in [0.2, 0.25) is 11.8 Å². The van der Waals surface area contributed by atoms with Crippen molar-refractivity contribution < 1.29 is 13.6 Å². The van der Waals surface area contributed by atoms with E-state index in [9.17, 15) is 9.18 Å². The number of piperidine rings is 1. The number of oxazole rings is 1. The van der Waals surface area contributed by atoms with E-state index < -0.39 is 0 Å². The predicted octanol–water partition coefficient (Wildman–Crippen LogP) is 7.79. The molecule has 1 aromatic heterocycles. The molecule has 5 nitrogen and oxygen atoms in total. The summed E-state index contributed by atoms with van der Waals surface area (Å²) in [5.41, 5.74) is 4.22. The Hall–Kier alpha value is -3.93. The highest BCUT2D eigenvalue weighted by Crippen LogP contribution is 2.38. The summed E-state index contributed by atoms with van der Waals surface area (Å²) in [6.45, 7) is 6.02. The van der Waals surface area contributed by atoms with Crippen LogP contribution >= 0.6 is 0 Å². The van der Waals surface area contributed by atoms with Gasteiger partial charge < -0.3 is 14.6 Å². The first-order chi connectivity index (χ1) is 18.0. The molecule has 1 fully saturated rings. The molecule has 0 bridgehead atoms. The number of nitrogens with zero attached hydrogens (tertiary/aromatic N) is 2. The molecule has 0 saturated carbocycles. The highest BCUT2D eigenvalue weighted by molar-refractivity contribution is 5.93. The Bertz CT molecular complexity index is 1370. The van der Waals surface area contributed by atoms with Crippen molar-refractivity contribution in [1.29, 1.82) is 0 Å². The second-order valence-electron chi connectivity index (χ2n) is 9.65. The average molecular weight is 498 g/mol. The van der Waals surface area contributed by atoms with Crippen LogP contribution < -0.4 is 10.2 Å². The fourth-order valence-electron chi connectivity index (χ4n) is 4.63. The quantitative estimate of drug-likeness (QED) is 0.283. The standard InChI is InChI=1S/C31H32FN3O2/c1-3-21(2)30(36)33-24-11-9-10-23(20-24)31-34-28(26-12-5-6-13-27(26)32)29(37-31)22-14-16-25(17-15-22)35-18-7-4-8-19-35/h5-6,9-17,20-21H,3-4,7-8,18-19H2,1-2H3,(H,33,36). The number of hydrogen-bond donors (Lipinski definition) is 1. The fourth-order valence-corrected chi connectivity index (χ4v) is 4.63. The zero-order chi connectivity index (χ0) is 25.8. The molecule has 1 aliphatic heterocycles. The van der Waals surface area contributed by atoms with Gasteiger partial charge >= 0.3 is 0 Å². The number of rotatable bonds is 7. The first-order valence-electron chi connectivity index (χ1n) is 13.1. The van der Waals surface area contributed by atoms with Gasteiger partial charge in [0, 0.05) is 47.1 Å². The molecule has 6 heteroatoms. The average Bonchev–Trinajstić information content (AvgIpc) is 3.39. The zero-order valence-corrected chi connectivity index (χ0v) is 21.3. The lowest BCUT2D eigenvalue weighted by molar-refractivity contribution is -0.119. The number of benzene rings is 3. The summed E-state index contributed by atoms with van der Waals surface area (Å²) in [6.07, 6.45) is 4.46. The van der Waals surface area contributed by atoms with Crippen LogP contribution in [0, 0.1) is 11.7 Å². The lowest BCUT2D eigenvalue weighted by Crippen LogP contribution is -2.29. The van der Waals surface area contributed by atoms with E-state index in [-0.39, 0.29) is 17.6 Å². The number of nitrogens with one attached hydrogen (secondary N) is 1. The van der Waals surface area contributed by atoms with Crippen LogP contribution in [0.4, 0.5) is 15.8 Å². The number of amides is 1. The number of hydrogen-bond acceptors (Lipinski definition) is 4. The maximum atomic E-state index is 14.9. The van der Waals surface area contributed by atoms with Crippen LogP contribution in [0.15, 0.2) is 77.2 Å². The van der Waals surface area contributed by atoms with Crippen LogP contribution in [0.25, 0.3) is 34.0 Å². The largest absolute Gasteiger partial charge is 0.435 e. The molecule has 37 heavy (non-hydrogen) atoms. The molecule has 1 amide bonds. The lowest BCUT2D eigenvalue weighted by Gasteiger charge is -2.28. The normalized spacial score (nSPS) is 14.4. The highest BCUT2D eigenvalue weighted by Gasteiger charge is 2.21. The summed E-state index contributed by atoms with van der Waals surface area (Å²) in [5, 5.41) is 2.96. The van der Waals surface area contributed by atoms with Crippen LogP contribution in [0.3, 0.4) is 0 Å². The first-order valence-corrected chi connectivity index (χ1v) is 13.1. The minimum absolute atomic E-state index is 0.0337. The van der Waals surface area contributed by atoms with E-state index in [4.69, 9.17) is 9.40 Å². The Morgan fingerprint density at radius 1 is 1.00 bits per heavy atom. The van der Waals surface area contributed by atoms with Crippen molar-refractivity contribution in [3.8, 4) is 34.0 Å². The molecule has 190 valence electrons. The summed E-state index contributed by atoms with van der Waals surface area (Å²) < 4.78 is 21.2. The molecule has 5 rings (SSSR count). The maximum absolute atomic E-state index is 14.9. The molecule has 1 aliphatic rings. The Balaban J connectivity index is 1.52. The Kier molecular flexibility index (Phi) is 7.35. The number of carbonyl (C=O) groups is 1. The molecule has 1 saturated heterocycles. The Morgan fingerprint density at radius 3 is 2.49 bits per heavy atom. The zero-order valence-electron chi connectivity index (χ0n) is 21.3. The summed E-state index contributed by atoms with van der Waals surface area (Å²) in [5.74, 6) is 0.404. The third-order valence-electron chi connectivity index (χ3n) is 7.04. The van der Waals surface area contributed by atoms with Gasteiger partial charge in [0.15, 0.2) is 5.76 Å². The third kappa shape index (κ3) is 5.43. The van der Waals surface area contributed by atoms with Gasteiger partial charge in [-0.15, -0.1) is 0 Å². The van der Waals surface area contributed by atoms with Crippen molar-refractivity contribution in [1.82, 2.24) is 4.98 Å². The monoisotopic (exact) mass is 497 g/mol. The minimum Gasteiger partial charge on any atom is -0.435 e. The van der Waals surface area contributed by atoms with Gasteiger partial charge in [-0.25, -0.2) is 9.37 Å². The number of anilines is 2. The van der Waals surface area contributed by atoms with Crippen LogP contribution in [-0.2, 0) is 4.79 Å². The lowest BCUT2D eigenvalue weighted by atomic mass is 10.0. The summed E-state index contributed by atoms with van der Waals surface area (Å²) in [4.78, 5) is 19.5. The fraction of sp³-hybridized carbons (Fsp3) is 0.290. The topological polar surface area (TPSA) is 58.4 Å². The number of halogens is 1. The SMILES string of the molecule is CCC(C)C(=O)Nc1cccc(-c2nc(-c3ccccc3F)c(-c3ccc(N4CCCCC4)cc3)o2)c1. The third-order valence-corrected chi connectivity index (χ3v) is 7.04. The van der Waals surface area contributed by atoms with Gasteiger partial charge in [0.05, 0.1) is 0 Å². The van der Waals surface area contributed by atoms with E-state index in [2.05, 4.69) is 22.3 Å². The van der Waals surface area contributed by atoms with Gasteiger partial charge in [0.25, 0.3) is 0 Å². The van der Waals surface area contributed by atoms with Crippen molar-refractivity contribution >= 4 is 17.3 Å². The number of carbonyl (C=O) groups excluding carboxylic acids is 1.